The van der Waals surface area contributed by atoms with Crippen LogP contribution in [0, 0.1) is 0 Å². The molecule has 1 aliphatic carbocycles. The van der Waals surface area contributed by atoms with Gasteiger partial charge in [-0.3, -0.25) is 4.79 Å². The van der Waals surface area contributed by atoms with Crippen molar-refractivity contribution < 1.29 is 4.79 Å². The molecule has 1 amide bonds. The van der Waals surface area contributed by atoms with E-state index in [1.165, 1.54) is 5.56 Å². The van der Waals surface area contributed by atoms with E-state index in [4.69, 9.17) is 27.3 Å². The number of anilines is 4. The van der Waals surface area contributed by atoms with Crippen LogP contribution in [0.1, 0.15) is 37.4 Å². The van der Waals surface area contributed by atoms with Gasteiger partial charge in [-0.15, -0.1) is 0 Å². The Hall–Kier alpha value is -2.54. The van der Waals surface area contributed by atoms with Gasteiger partial charge in [-0.25, -0.2) is 4.98 Å². The number of hydrogen-bond donors (Lipinski definition) is 3. The lowest BCUT2D eigenvalue weighted by Gasteiger charge is -2.35. The SMILES string of the molecule is CC(=O)NC1CCCN(c2nc(Nc3cc(N)cc(Cl)c3)nc3c2CCC3)C1. The molecule has 0 radical (unpaired) electrons. The van der Waals surface area contributed by atoms with E-state index in [1.54, 1.807) is 13.0 Å². The second-order valence-electron chi connectivity index (χ2n) is 7.53. The molecule has 8 heteroatoms. The van der Waals surface area contributed by atoms with Crippen LogP contribution in [0.3, 0.4) is 0 Å². The van der Waals surface area contributed by atoms with Crippen LogP contribution in [0.15, 0.2) is 18.2 Å². The maximum Gasteiger partial charge on any atom is 0.229 e. The first-order valence-electron chi connectivity index (χ1n) is 9.73. The van der Waals surface area contributed by atoms with E-state index < -0.39 is 0 Å². The van der Waals surface area contributed by atoms with Crippen LogP contribution < -0.4 is 21.3 Å². The average molecular weight is 401 g/mol. The molecule has 148 valence electrons. The van der Waals surface area contributed by atoms with Crippen LogP contribution in [0.4, 0.5) is 23.1 Å². The lowest BCUT2D eigenvalue weighted by molar-refractivity contribution is -0.119. The Balaban J connectivity index is 1.63. The minimum Gasteiger partial charge on any atom is -0.399 e. The lowest BCUT2D eigenvalue weighted by Crippen LogP contribution is -2.47. The summed E-state index contributed by atoms with van der Waals surface area (Å²) in [5.74, 6) is 1.55. The molecule has 2 aliphatic rings. The second kappa shape index (κ2) is 7.83. The minimum absolute atomic E-state index is 0.0145. The van der Waals surface area contributed by atoms with E-state index in [0.29, 0.717) is 16.7 Å². The van der Waals surface area contributed by atoms with Crippen molar-refractivity contribution in [1.82, 2.24) is 15.3 Å². The molecule has 2 heterocycles. The number of hydrogen-bond acceptors (Lipinski definition) is 6. The molecule has 1 fully saturated rings. The molecule has 1 aliphatic heterocycles. The zero-order valence-corrected chi connectivity index (χ0v) is 16.7. The van der Waals surface area contributed by atoms with E-state index >= 15 is 0 Å². The van der Waals surface area contributed by atoms with Gasteiger partial charge in [-0.1, -0.05) is 11.6 Å². The van der Waals surface area contributed by atoms with Crippen molar-refractivity contribution in [3.8, 4) is 0 Å². The highest BCUT2D eigenvalue weighted by molar-refractivity contribution is 6.31. The predicted molar refractivity (Wildman–Crippen MR) is 112 cm³/mol. The number of halogens is 1. The summed E-state index contributed by atoms with van der Waals surface area (Å²) in [7, 11) is 0. The Labute approximate surface area is 169 Å². The van der Waals surface area contributed by atoms with Gasteiger partial charge in [0, 0.05) is 48.0 Å². The third kappa shape index (κ3) is 4.14. The molecule has 0 spiro atoms. The van der Waals surface area contributed by atoms with Gasteiger partial charge in [0.05, 0.1) is 5.69 Å². The summed E-state index contributed by atoms with van der Waals surface area (Å²) in [5, 5.41) is 6.87. The van der Waals surface area contributed by atoms with Crippen molar-refractivity contribution >= 4 is 40.6 Å². The number of aryl methyl sites for hydroxylation is 1. The number of nitrogens with two attached hydrogens (primary N) is 1. The number of rotatable bonds is 4. The van der Waals surface area contributed by atoms with Crippen molar-refractivity contribution in [3.05, 3.63) is 34.5 Å². The number of nitrogens with one attached hydrogen (secondary N) is 2. The lowest BCUT2D eigenvalue weighted by atomic mass is 10.0. The summed E-state index contributed by atoms with van der Waals surface area (Å²) in [6, 6.07) is 5.48. The fraction of sp³-hybridized carbons (Fsp3) is 0.450. The Morgan fingerprint density at radius 2 is 2.11 bits per heavy atom. The van der Waals surface area contributed by atoms with Gasteiger partial charge in [0.2, 0.25) is 11.9 Å². The number of aromatic nitrogens is 2. The van der Waals surface area contributed by atoms with Crippen LogP contribution in [0.5, 0.6) is 0 Å². The summed E-state index contributed by atoms with van der Waals surface area (Å²) in [5.41, 5.74) is 9.59. The van der Waals surface area contributed by atoms with Crippen LogP contribution >= 0.6 is 11.6 Å². The quantitative estimate of drug-likeness (QED) is 0.682. The molecule has 1 aromatic heterocycles. The Morgan fingerprint density at radius 3 is 2.89 bits per heavy atom. The zero-order valence-electron chi connectivity index (χ0n) is 16.0. The zero-order chi connectivity index (χ0) is 19.7. The number of carbonyl (C=O) groups is 1. The summed E-state index contributed by atoms with van der Waals surface area (Å²) in [6.45, 7) is 3.27. The van der Waals surface area contributed by atoms with Gasteiger partial charge < -0.3 is 21.3 Å². The van der Waals surface area contributed by atoms with Crippen molar-refractivity contribution in [1.29, 1.82) is 0 Å². The van der Waals surface area contributed by atoms with E-state index in [9.17, 15) is 4.79 Å². The third-order valence-corrected chi connectivity index (χ3v) is 5.43. The summed E-state index contributed by atoms with van der Waals surface area (Å²) in [4.78, 5) is 23.3. The van der Waals surface area contributed by atoms with Crippen LogP contribution in [0.2, 0.25) is 5.02 Å². The Bertz CT molecular complexity index is 882. The highest BCUT2D eigenvalue weighted by atomic mass is 35.5. The highest BCUT2D eigenvalue weighted by Crippen LogP contribution is 2.32. The van der Waals surface area contributed by atoms with E-state index in [1.807, 2.05) is 12.1 Å². The number of carbonyl (C=O) groups excluding carboxylic acids is 1. The fourth-order valence-corrected chi connectivity index (χ4v) is 4.36. The normalized spacial score (nSPS) is 18.6. The Kier molecular flexibility index (Phi) is 5.26. The molecule has 1 saturated heterocycles. The topological polar surface area (TPSA) is 96.2 Å². The van der Waals surface area contributed by atoms with Crippen LogP contribution in [0.25, 0.3) is 0 Å². The molecule has 1 aromatic carbocycles. The summed E-state index contributed by atoms with van der Waals surface area (Å²) in [6.07, 6.45) is 5.07. The first-order chi connectivity index (χ1) is 13.5. The van der Waals surface area contributed by atoms with Gasteiger partial charge in [-0.2, -0.15) is 4.98 Å². The minimum atomic E-state index is 0.0145. The smallest absolute Gasteiger partial charge is 0.229 e. The van der Waals surface area contributed by atoms with Crippen molar-refractivity contribution in [2.45, 2.75) is 45.1 Å². The standard InChI is InChI=1S/C20H25ClN6O/c1-12(28)23-15-4-3-7-27(11-15)19-17-5-2-6-18(17)25-20(26-19)24-16-9-13(21)8-14(22)10-16/h8-10,15H,2-7,11,22H2,1H3,(H,23,28)(H,24,25,26). The molecule has 2 aromatic rings. The van der Waals surface area contributed by atoms with E-state index in [2.05, 4.69) is 15.5 Å². The van der Waals surface area contributed by atoms with Crippen molar-refractivity contribution in [2.75, 3.05) is 29.0 Å². The fourth-order valence-electron chi connectivity index (χ4n) is 4.12. The molecule has 0 bridgehead atoms. The molecular formula is C20H25ClN6O. The molecule has 1 atom stereocenters. The molecule has 0 saturated carbocycles. The number of nitrogen functional groups attached to an aromatic ring is 1. The molecule has 7 nitrogen and oxygen atoms in total. The van der Waals surface area contributed by atoms with Crippen LogP contribution in [-0.2, 0) is 17.6 Å². The highest BCUT2D eigenvalue weighted by Gasteiger charge is 2.27. The van der Waals surface area contributed by atoms with E-state index in [-0.39, 0.29) is 11.9 Å². The van der Waals surface area contributed by atoms with Gasteiger partial charge in [-0.05, 0) is 50.3 Å². The van der Waals surface area contributed by atoms with Gasteiger partial charge in [0.1, 0.15) is 5.82 Å². The average Bonchev–Trinajstić information content (AvgIpc) is 3.08. The Morgan fingerprint density at radius 1 is 1.25 bits per heavy atom. The molecular weight excluding hydrogens is 376 g/mol. The van der Waals surface area contributed by atoms with Crippen LogP contribution in [-0.4, -0.2) is 35.0 Å². The number of fused-ring (bicyclic) bond motifs is 1. The maximum atomic E-state index is 11.5. The molecule has 28 heavy (non-hydrogen) atoms. The summed E-state index contributed by atoms with van der Waals surface area (Å²) < 4.78 is 0. The predicted octanol–water partition coefficient (Wildman–Crippen LogP) is 3.05. The summed E-state index contributed by atoms with van der Waals surface area (Å²) >= 11 is 6.12. The van der Waals surface area contributed by atoms with Gasteiger partial charge in [0.25, 0.3) is 0 Å². The largest absolute Gasteiger partial charge is 0.399 e. The maximum absolute atomic E-state index is 11.5. The number of nitrogens with zero attached hydrogens (tertiary/aromatic N) is 3. The van der Waals surface area contributed by atoms with Gasteiger partial charge in [0.15, 0.2) is 0 Å². The monoisotopic (exact) mass is 400 g/mol. The first kappa shape index (κ1) is 18.8. The molecule has 4 N–H and O–H groups in total. The van der Waals surface area contributed by atoms with Crippen molar-refractivity contribution in [2.24, 2.45) is 0 Å². The molecule has 4 rings (SSSR count). The van der Waals surface area contributed by atoms with Gasteiger partial charge >= 0.3 is 0 Å². The number of piperidine rings is 1. The number of benzene rings is 1. The van der Waals surface area contributed by atoms with Crippen molar-refractivity contribution in [3.63, 3.8) is 0 Å². The van der Waals surface area contributed by atoms with E-state index in [0.717, 1.165) is 62.4 Å². The third-order valence-electron chi connectivity index (χ3n) is 5.22. The second-order valence-corrected chi connectivity index (χ2v) is 7.97. The molecule has 1 unspecified atom stereocenters. The number of amides is 1. The first-order valence-corrected chi connectivity index (χ1v) is 10.1.